The molecule has 0 radical (unpaired) electrons. The van der Waals surface area contributed by atoms with Crippen LogP contribution >= 0.6 is 0 Å². The van der Waals surface area contributed by atoms with Crippen molar-refractivity contribution in [3.8, 4) is 11.3 Å². The Balaban J connectivity index is 1.52. The molecule has 1 aliphatic heterocycles. The van der Waals surface area contributed by atoms with Gasteiger partial charge >= 0.3 is 0 Å². The van der Waals surface area contributed by atoms with E-state index in [-0.39, 0.29) is 17.6 Å². The minimum atomic E-state index is -0.334. The van der Waals surface area contributed by atoms with Gasteiger partial charge in [0.1, 0.15) is 0 Å². The molecule has 0 bridgehead atoms. The van der Waals surface area contributed by atoms with E-state index in [1.165, 1.54) is 23.8 Å². The van der Waals surface area contributed by atoms with E-state index in [0.717, 1.165) is 124 Å². The van der Waals surface area contributed by atoms with Crippen LogP contribution in [-0.4, -0.2) is 113 Å². The van der Waals surface area contributed by atoms with Gasteiger partial charge in [-0.3, -0.25) is 24.9 Å². The van der Waals surface area contributed by atoms with E-state index in [2.05, 4.69) is 82.1 Å². The SMILES string of the molecule is CCn1c(-c2cc(N3CCN(C4CC4)CC3)cnc2C(C)OC)c(CC(C)(C)COC=O)c2cc(N(CCOC)CCC(N)CCCCCNNC=O)ccc21. The summed E-state index contributed by atoms with van der Waals surface area (Å²) in [5, 5.41) is 1.18. The van der Waals surface area contributed by atoms with Crippen LogP contribution in [0.1, 0.15) is 90.0 Å². The lowest BCUT2D eigenvalue weighted by Crippen LogP contribution is -2.47. The average molecular weight is 777 g/mol. The number of methoxy groups -OCH3 is 2. The van der Waals surface area contributed by atoms with Crippen LogP contribution in [0.3, 0.4) is 0 Å². The Labute approximate surface area is 334 Å². The number of benzene rings is 1. The Morgan fingerprint density at radius 3 is 2.52 bits per heavy atom. The molecule has 13 nitrogen and oxygen atoms in total. The van der Waals surface area contributed by atoms with Crippen molar-refractivity contribution in [2.75, 3.05) is 83.0 Å². The largest absolute Gasteiger partial charge is 0.467 e. The number of hydrogen-bond acceptors (Lipinski definition) is 11. The number of amides is 1. The van der Waals surface area contributed by atoms with Crippen molar-refractivity contribution in [2.24, 2.45) is 11.1 Å². The van der Waals surface area contributed by atoms with E-state index < -0.39 is 0 Å². The number of ether oxygens (including phenoxy) is 3. The molecular formula is C43H68N8O5. The highest BCUT2D eigenvalue weighted by atomic mass is 16.5. The molecule has 1 aliphatic carbocycles. The van der Waals surface area contributed by atoms with Gasteiger partial charge in [0.05, 0.1) is 42.6 Å². The summed E-state index contributed by atoms with van der Waals surface area (Å²) in [5.74, 6) is 0. The number of unbranched alkanes of at least 4 members (excludes halogenated alkanes) is 2. The van der Waals surface area contributed by atoms with E-state index >= 15 is 0 Å². The zero-order valence-electron chi connectivity index (χ0n) is 34.9. The number of hydrazine groups is 1. The second kappa shape index (κ2) is 21.1. The number of aromatic nitrogens is 2. The summed E-state index contributed by atoms with van der Waals surface area (Å²) in [5.41, 5.74) is 19.5. The third kappa shape index (κ3) is 11.4. The fraction of sp³-hybridized carbons (Fsp3) is 0.651. The summed E-state index contributed by atoms with van der Waals surface area (Å²) >= 11 is 0. The molecule has 4 N–H and O–H groups in total. The van der Waals surface area contributed by atoms with Crippen LogP contribution < -0.4 is 26.4 Å². The molecule has 2 aliphatic rings. The third-order valence-corrected chi connectivity index (χ3v) is 11.5. The summed E-state index contributed by atoms with van der Waals surface area (Å²) in [4.78, 5) is 34.5. The van der Waals surface area contributed by atoms with Gasteiger partial charge in [-0.2, -0.15) is 0 Å². The van der Waals surface area contributed by atoms with Crippen molar-refractivity contribution in [3.63, 3.8) is 0 Å². The number of aryl methyl sites for hydroxylation is 1. The predicted molar refractivity (Wildman–Crippen MR) is 225 cm³/mol. The van der Waals surface area contributed by atoms with Crippen LogP contribution in [0.15, 0.2) is 30.5 Å². The van der Waals surface area contributed by atoms with Crippen LogP contribution in [-0.2, 0) is 36.8 Å². The van der Waals surface area contributed by atoms with Gasteiger partial charge in [-0.25, -0.2) is 5.43 Å². The summed E-state index contributed by atoms with van der Waals surface area (Å²) in [6.45, 7) is 17.3. The van der Waals surface area contributed by atoms with Crippen LogP contribution in [0, 0.1) is 5.41 Å². The van der Waals surface area contributed by atoms with E-state index in [1.807, 2.05) is 6.20 Å². The quantitative estimate of drug-likeness (QED) is 0.0546. The van der Waals surface area contributed by atoms with Gasteiger partial charge in [0.2, 0.25) is 6.41 Å². The number of nitrogens with zero attached hydrogens (tertiary/aromatic N) is 5. The maximum Gasteiger partial charge on any atom is 0.293 e. The summed E-state index contributed by atoms with van der Waals surface area (Å²) in [7, 11) is 3.49. The summed E-state index contributed by atoms with van der Waals surface area (Å²) < 4.78 is 19.4. The monoisotopic (exact) mass is 777 g/mol. The summed E-state index contributed by atoms with van der Waals surface area (Å²) in [6, 6.07) is 10.0. The highest BCUT2D eigenvalue weighted by molar-refractivity contribution is 5.95. The topological polar surface area (TPSA) is 139 Å². The Hall–Kier alpha value is -3.75. The van der Waals surface area contributed by atoms with Gasteiger partial charge in [0.25, 0.3) is 6.47 Å². The first-order valence-electron chi connectivity index (χ1n) is 20.8. The molecule has 1 saturated heterocycles. The van der Waals surface area contributed by atoms with Gasteiger partial charge in [0, 0.05) is 106 Å². The number of piperazine rings is 1. The van der Waals surface area contributed by atoms with Crippen LogP contribution in [0.2, 0.25) is 0 Å². The van der Waals surface area contributed by atoms with Crippen molar-refractivity contribution in [1.82, 2.24) is 25.3 Å². The van der Waals surface area contributed by atoms with E-state index in [0.29, 0.717) is 32.5 Å². The standard InChI is InChI=1S/C43H68N8O5/c1-7-51-40-15-14-35(48(23-24-54-5)18-16-33(44)11-9-8-10-17-46-47-30-52)25-37(40)39(27-43(3,4)29-56-31-53)42(51)38-26-36(28-45-41(38)32(2)55-6)50-21-19-49(20-22-50)34-12-13-34/h14-15,25-26,28,30-34,46H,7-13,16-24,27,29,44H2,1-6H3,(H,47,52). The molecular weight excluding hydrogens is 709 g/mol. The molecule has 56 heavy (non-hydrogen) atoms. The zero-order valence-corrected chi connectivity index (χ0v) is 34.9. The number of carbonyl (C=O) groups excluding carboxylic acids is 2. The molecule has 2 fully saturated rings. The van der Waals surface area contributed by atoms with E-state index in [9.17, 15) is 9.59 Å². The van der Waals surface area contributed by atoms with E-state index in [4.69, 9.17) is 24.9 Å². The summed E-state index contributed by atoms with van der Waals surface area (Å²) in [6.07, 6.45) is 10.7. The molecule has 2 aromatic heterocycles. The maximum atomic E-state index is 11.4. The minimum absolute atomic E-state index is 0.0875. The predicted octanol–water partition coefficient (Wildman–Crippen LogP) is 5.44. The van der Waals surface area contributed by atoms with Gasteiger partial charge in [-0.1, -0.05) is 26.7 Å². The first kappa shape index (κ1) is 43.4. The van der Waals surface area contributed by atoms with Crippen molar-refractivity contribution < 1.29 is 23.8 Å². The number of hydrogen-bond donors (Lipinski definition) is 3. The first-order valence-corrected chi connectivity index (χ1v) is 20.8. The Bertz CT molecular complexity index is 1690. The smallest absolute Gasteiger partial charge is 0.293 e. The second-order valence-electron chi connectivity index (χ2n) is 16.3. The van der Waals surface area contributed by atoms with Crippen molar-refractivity contribution in [2.45, 2.75) is 104 Å². The molecule has 1 amide bonds. The number of fused-ring (bicyclic) bond motifs is 1. The minimum Gasteiger partial charge on any atom is -0.467 e. The third-order valence-electron chi connectivity index (χ3n) is 11.5. The van der Waals surface area contributed by atoms with Crippen molar-refractivity contribution >= 4 is 35.2 Å². The Kier molecular flexibility index (Phi) is 16.4. The van der Waals surface area contributed by atoms with Crippen LogP contribution in [0.5, 0.6) is 0 Å². The van der Waals surface area contributed by atoms with Crippen LogP contribution in [0.25, 0.3) is 22.2 Å². The van der Waals surface area contributed by atoms with E-state index in [1.54, 1.807) is 14.2 Å². The van der Waals surface area contributed by atoms with Crippen molar-refractivity contribution in [1.29, 1.82) is 0 Å². The van der Waals surface area contributed by atoms with Crippen LogP contribution in [0.4, 0.5) is 11.4 Å². The molecule has 1 saturated carbocycles. The van der Waals surface area contributed by atoms with Crippen molar-refractivity contribution in [3.05, 3.63) is 41.7 Å². The van der Waals surface area contributed by atoms with Gasteiger partial charge in [-0.15, -0.1) is 0 Å². The number of nitrogens with two attached hydrogens (primary N) is 1. The molecule has 3 aromatic rings. The molecule has 2 unspecified atom stereocenters. The highest BCUT2D eigenvalue weighted by Gasteiger charge is 2.33. The number of carbonyl (C=O) groups is 2. The first-order chi connectivity index (χ1) is 27.1. The molecule has 3 heterocycles. The van der Waals surface area contributed by atoms with Gasteiger partial charge < -0.3 is 34.3 Å². The fourth-order valence-corrected chi connectivity index (χ4v) is 8.21. The fourth-order valence-electron chi connectivity index (χ4n) is 8.21. The molecule has 5 rings (SSSR count). The van der Waals surface area contributed by atoms with Gasteiger partial charge in [-0.05, 0) is 82.2 Å². The number of rotatable bonds is 26. The maximum absolute atomic E-state index is 11.4. The molecule has 2 atom stereocenters. The Morgan fingerprint density at radius 2 is 1.84 bits per heavy atom. The molecule has 1 aromatic carbocycles. The lowest BCUT2D eigenvalue weighted by molar-refractivity contribution is -0.131. The average Bonchev–Trinajstić information content (AvgIpc) is 4.02. The zero-order chi connectivity index (χ0) is 40.1. The number of nitrogens with one attached hydrogen (secondary N) is 2. The van der Waals surface area contributed by atoms with Gasteiger partial charge in [0.15, 0.2) is 0 Å². The number of anilines is 2. The second-order valence-corrected chi connectivity index (χ2v) is 16.3. The molecule has 13 heteroatoms. The molecule has 310 valence electrons. The lowest BCUT2D eigenvalue weighted by atomic mass is 9.84. The highest BCUT2D eigenvalue weighted by Crippen LogP contribution is 2.43. The normalized spacial score (nSPS) is 16.2. The Morgan fingerprint density at radius 1 is 1.05 bits per heavy atom. The lowest BCUT2D eigenvalue weighted by Gasteiger charge is -2.36. The molecule has 0 spiro atoms. The number of pyridine rings is 1.